The molecule has 2 aromatic rings. The molecule has 1 spiro atoms. The van der Waals surface area contributed by atoms with E-state index in [1.165, 1.54) is 11.0 Å². The van der Waals surface area contributed by atoms with Crippen LogP contribution < -0.4 is 5.32 Å². The second-order valence-electron chi connectivity index (χ2n) is 12.2. The number of benzene rings is 2. The third-order valence-electron chi connectivity index (χ3n) is 9.29. The van der Waals surface area contributed by atoms with Crippen LogP contribution in [0.1, 0.15) is 28.7 Å². The molecule has 11 heteroatoms. The normalized spacial score (nSPS) is 31.6. The highest BCUT2D eigenvalue weighted by Crippen LogP contribution is 2.58. The number of hydrogen-bond acceptors (Lipinski definition) is 9. The summed E-state index contributed by atoms with van der Waals surface area (Å²) in [6, 6.07) is 14.6. The lowest BCUT2D eigenvalue weighted by atomic mass is 9.62. The average molecular weight is 590 g/mol. The van der Waals surface area contributed by atoms with E-state index in [9.17, 15) is 19.5 Å². The number of likely N-dealkylation sites (N-methyl/N-ethyl adjacent to an activating group) is 1. The number of carbonyl (C=O) groups is 3. The zero-order chi connectivity index (χ0) is 29.9. The first-order chi connectivity index (χ1) is 20.7. The van der Waals surface area contributed by atoms with Crippen LogP contribution >= 0.6 is 0 Å². The molecule has 0 radical (unpaired) electrons. The molecular weight excluding hydrogens is 554 g/mol. The van der Waals surface area contributed by atoms with Crippen LogP contribution in [-0.4, -0.2) is 96.3 Å². The van der Waals surface area contributed by atoms with Gasteiger partial charge in [-0.05, 0) is 28.3 Å². The number of carbonyl (C=O) groups excluding carboxylic acids is 3. The van der Waals surface area contributed by atoms with E-state index < -0.39 is 47.6 Å². The number of hydroxylamine groups is 2. The van der Waals surface area contributed by atoms with Crippen LogP contribution in [0.3, 0.4) is 0 Å². The second-order valence-corrected chi connectivity index (χ2v) is 12.2. The van der Waals surface area contributed by atoms with E-state index >= 15 is 0 Å². The first-order valence-corrected chi connectivity index (χ1v) is 14.7. The van der Waals surface area contributed by atoms with Gasteiger partial charge in [-0.3, -0.25) is 19.2 Å². The quantitative estimate of drug-likeness (QED) is 0.359. The van der Waals surface area contributed by atoms with Gasteiger partial charge in [0, 0.05) is 46.0 Å². The second kappa shape index (κ2) is 10.5. The van der Waals surface area contributed by atoms with Crippen LogP contribution in [0.15, 0.2) is 54.6 Å². The Labute approximate surface area is 249 Å². The van der Waals surface area contributed by atoms with Crippen LogP contribution in [-0.2, 0) is 52.8 Å². The number of nitrogens with zero attached hydrogens (tertiary/aromatic N) is 2. The summed E-state index contributed by atoms with van der Waals surface area (Å²) in [5.74, 6) is -1.95. The van der Waals surface area contributed by atoms with Gasteiger partial charge in [0.25, 0.3) is 0 Å². The SMILES string of the molecule is CN(C)C(=O)C=Cc1ccc(CN2O[C@@H]3[C@H]4OC5(Cc6ccccc6C5)O[C@H]4[C@H]4C[C@]3(C(=O)NCCO)[C@@H]2C(=O)O4)cc1. The molecule has 7 rings (SSSR count). The lowest BCUT2D eigenvalue weighted by molar-refractivity contribution is -0.217. The van der Waals surface area contributed by atoms with Gasteiger partial charge in [-0.15, -0.1) is 0 Å². The number of hydrogen-bond donors (Lipinski definition) is 2. The molecule has 226 valence electrons. The third kappa shape index (κ3) is 4.58. The minimum atomic E-state index is -1.29. The molecule has 2 aliphatic carbocycles. The zero-order valence-electron chi connectivity index (χ0n) is 24.1. The molecule has 0 unspecified atom stereocenters. The molecule has 6 atom stereocenters. The summed E-state index contributed by atoms with van der Waals surface area (Å²) in [6.07, 6.45) is 1.87. The van der Waals surface area contributed by atoms with Crippen LogP contribution in [0, 0.1) is 5.41 Å². The number of rotatable bonds is 7. The van der Waals surface area contributed by atoms with Gasteiger partial charge in [0.1, 0.15) is 29.8 Å². The number of esters is 1. The monoisotopic (exact) mass is 589 g/mol. The Balaban J connectivity index is 1.18. The molecule has 11 nitrogen and oxygen atoms in total. The Kier molecular flexibility index (Phi) is 6.90. The first-order valence-electron chi connectivity index (χ1n) is 14.7. The molecule has 4 fully saturated rings. The maximum atomic E-state index is 13.9. The Morgan fingerprint density at radius 2 is 1.77 bits per heavy atom. The summed E-state index contributed by atoms with van der Waals surface area (Å²) < 4.78 is 19.3. The highest BCUT2D eigenvalue weighted by Gasteiger charge is 2.76. The van der Waals surface area contributed by atoms with Gasteiger partial charge in [-0.2, -0.15) is 5.06 Å². The van der Waals surface area contributed by atoms with Gasteiger partial charge in [0.05, 0.1) is 13.2 Å². The largest absolute Gasteiger partial charge is 0.458 e. The Bertz CT molecular complexity index is 1450. The Hall–Kier alpha value is -3.61. The number of aliphatic hydroxyl groups is 1. The number of nitrogens with one attached hydrogen (secondary N) is 1. The third-order valence-corrected chi connectivity index (χ3v) is 9.29. The van der Waals surface area contributed by atoms with Gasteiger partial charge in [-0.25, -0.2) is 0 Å². The number of aliphatic hydroxyl groups excluding tert-OH is 1. The zero-order valence-corrected chi connectivity index (χ0v) is 24.1. The van der Waals surface area contributed by atoms with E-state index in [1.807, 2.05) is 36.4 Å². The fourth-order valence-corrected chi connectivity index (χ4v) is 7.32. The van der Waals surface area contributed by atoms with Crippen molar-refractivity contribution in [1.82, 2.24) is 15.3 Å². The smallest absolute Gasteiger partial charge is 0.327 e. The van der Waals surface area contributed by atoms with E-state index in [4.69, 9.17) is 19.0 Å². The van der Waals surface area contributed by atoms with Crippen molar-refractivity contribution in [1.29, 1.82) is 0 Å². The molecule has 2 bridgehead atoms. The van der Waals surface area contributed by atoms with Crippen LogP contribution in [0.5, 0.6) is 0 Å². The van der Waals surface area contributed by atoms with E-state index in [0.717, 1.165) is 22.3 Å². The fourth-order valence-electron chi connectivity index (χ4n) is 7.32. The van der Waals surface area contributed by atoms with Gasteiger partial charge in [-0.1, -0.05) is 48.5 Å². The summed E-state index contributed by atoms with van der Waals surface area (Å²) in [5, 5.41) is 13.8. The summed E-state index contributed by atoms with van der Waals surface area (Å²) in [6.45, 7) is 0.0325. The molecule has 3 saturated heterocycles. The molecule has 3 heterocycles. The first kappa shape index (κ1) is 28.2. The molecule has 43 heavy (non-hydrogen) atoms. The van der Waals surface area contributed by atoms with Crippen molar-refractivity contribution in [3.8, 4) is 0 Å². The molecule has 5 aliphatic rings. The summed E-state index contributed by atoms with van der Waals surface area (Å²) >= 11 is 0. The van der Waals surface area contributed by atoms with Crippen molar-refractivity contribution in [3.63, 3.8) is 0 Å². The summed E-state index contributed by atoms with van der Waals surface area (Å²) in [4.78, 5) is 47.5. The van der Waals surface area contributed by atoms with Crippen molar-refractivity contribution in [3.05, 3.63) is 76.9 Å². The maximum absolute atomic E-state index is 13.9. The van der Waals surface area contributed by atoms with Crippen molar-refractivity contribution in [2.24, 2.45) is 5.41 Å². The van der Waals surface area contributed by atoms with E-state index in [2.05, 4.69) is 17.4 Å². The van der Waals surface area contributed by atoms with E-state index in [0.29, 0.717) is 12.8 Å². The summed E-state index contributed by atoms with van der Waals surface area (Å²) in [5.41, 5.74) is 2.70. The fraction of sp³-hybridized carbons (Fsp3) is 0.469. The highest BCUT2D eigenvalue weighted by molar-refractivity contribution is 5.93. The average Bonchev–Trinajstić information content (AvgIpc) is 3.66. The molecule has 3 aliphatic heterocycles. The molecule has 0 aromatic heterocycles. The van der Waals surface area contributed by atoms with Crippen molar-refractivity contribution in [2.45, 2.75) is 62.1 Å². The number of ether oxygens (including phenoxy) is 3. The minimum Gasteiger partial charge on any atom is -0.458 e. The van der Waals surface area contributed by atoms with Gasteiger partial charge in [0.15, 0.2) is 11.8 Å². The molecule has 2 aromatic carbocycles. The lowest BCUT2D eigenvalue weighted by Gasteiger charge is -2.48. The van der Waals surface area contributed by atoms with Crippen molar-refractivity contribution in [2.75, 3.05) is 27.2 Å². The van der Waals surface area contributed by atoms with E-state index in [-0.39, 0.29) is 37.9 Å². The predicted octanol–water partition coefficient (Wildman–Crippen LogP) is 0.976. The molecular formula is C32H35N3O8. The Morgan fingerprint density at radius 3 is 2.44 bits per heavy atom. The lowest BCUT2D eigenvalue weighted by Crippen LogP contribution is -2.69. The standard InChI is InChI=1S/C32H35N3O8/c1-34(2)24(37)12-11-19-7-9-20(10-8-19)18-35-27-29(38)40-23-17-32(27,30(39)33-13-14-36)28(43-35)26-25(23)41-31(42-26)15-21-5-3-4-6-22(21)16-31/h3-12,23,25-28,36H,13-18H2,1-2H3,(H,33,39)/t23-,25+,26+,27+,28-,32+/m1/s1. The highest BCUT2D eigenvalue weighted by atomic mass is 16.8. The molecule has 2 N–H and O–H groups in total. The van der Waals surface area contributed by atoms with Gasteiger partial charge in [0.2, 0.25) is 11.8 Å². The van der Waals surface area contributed by atoms with Crippen molar-refractivity contribution < 1.29 is 38.5 Å². The number of amides is 2. The van der Waals surface area contributed by atoms with Gasteiger partial charge >= 0.3 is 5.97 Å². The van der Waals surface area contributed by atoms with Crippen LogP contribution in [0.4, 0.5) is 0 Å². The van der Waals surface area contributed by atoms with Gasteiger partial charge < -0.3 is 29.5 Å². The van der Waals surface area contributed by atoms with E-state index in [1.54, 1.807) is 25.2 Å². The predicted molar refractivity (Wildman–Crippen MR) is 152 cm³/mol. The maximum Gasteiger partial charge on any atom is 0.327 e. The topological polar surface area (TPSA) is 127 Å². The minimum absolute atomic E-state index is 0.0513. The molecule has 2 amide bonds. The van der Waals surface area contributed by atoms with Crippen LogP contribution in [0.25, 0.3) is 6.08 Å². The number of fused-ring (bicyclic) bond motifs is 5. The van der Waals surface area contributed by atoms with Crippen molar-refractivity contribution >= 4 is 23.9 Å². The summed E-state index contributed by atoms with van der Waals surface area (Å²) in [7, 11) is 3.38. The molecule has 1 saturated carbocycles. The Morgan fingerprint density at radius 1 is 1.07 bits per heavy atom. The van der Waals surface area contributed by atoms with Crippen LogP contribution in [0.2, 0.25) is 0 Å².